The summed E-state index contributed by atoms with van der Waals surface area (Å²) in [6, 6.07) is 20.5. The summed E-state index contributed by atoms with van der Waals surface area (Å²) in [5.41, 5.74) is 1.41. The first-order valence-electron chi connectivity index (χ1n) is 8.36. The van der Waals surface area contributed by atoms with Gasteiger partial charge in [-0.05, 0) is 42.5 Å². The van der Waals surface area contributed by atoms with Crippen LogP contribution in [0.15, 0.2) is 72.8 Å². The van der Waals surface area contributed by atoms with Crippen LogP contribution in [0.2, 0.25) is 10.0 Å². The van der Waals surface area contributed by atoms with Gasteiger partial charge < -0.3 is 15.4 Å². The lowest BCUT2D eigenvalue weighted by molar-refractivity contribution is -0.118. The highest BCUT2D eigenvalue weighted by atomic mass is 35.5. The van der Waals surface area contributed by atoms with Crippen LogP contribution in [0.5, 0.6) is 5.75 Å². The molecule has 0 bridgehead atoms. The molecular weight excluding hydrogens is 399 g/mol. The second kappa shape index (κ2) is 9.26. The lowest BCUT2D eigenvalue weighted by atomic mass is 10.2. The van der Waals surface area contributed by atoms with Crippen molar-refractivity contribution >= 4 is 46.4 Å². The Morgan fingerprint density at radius 2 is 1.57 bits per heavy atom. The van der Waals surface area contributed by atoms with Crippen LogP contribution in [0.3, 0.4) is 0 Å². The van der Waals surface area contributed by atoms with E-state index in [2.05, 4.69) is 10.6 Å². The third-order valence-electron chi connectivity index (χ3n) is 3.73. The molecule has 0 aliphatic heterocycles. The van der Waals surface area contributed by atoms with Crippen molar-refractivity contribution in [3.05, 3.63) is 88.4 Å². The highest BCUT2D eigenvalue weighted by Crippen LogP contribution is 2.25. The van der Waals surface area contributed by atoms with E-state index < -0.39 is 5.91 Å². The fourth-order valence-corrected chi connectivity index (χ4v) is 2.88. The number of anilines is 2. The Morgan fingerprint density at radius 1 is 0.857 bits per heavy atom. The normalized spacial score (nSPS) is 10.2. The molecule has 0 aliphatic rings. The molecule has 142 valence electrons. The summed E-state index contributed by atoms with van der Waals surface area (Å²) in [6.07, 6.45) is 0. The summed E-state index contributed by atoms with van der Waals surface area (Å²) in [4.78, 5) is 24.7. The van der Waals surface area contributed by atoms with E-state index in [0.717, 1.165) is 0 Å². The zero-order valence-electron chi connectivity index (χ0n) is 14.6. The summed E-state index contributed by atoms with van der Waals surface area (Å²) in [5.74, 6) is -0.446. The second-order valence-corrected chi connectivity index (χ2v) is 6.62. The topological polar surface area (TPSA) is 67.4 Å². The van der Waals surface area contributed by atoms with E-state index in [1.165, 1.54) is 6.07 Å². The fraction of sp³-hybridized carbons (Fsp3) is 0.0476. The molecule has 2 amide bonds. The van der Waals surface area contributed by atoms with Crippen molar-refractivity contribution in [2.75, 3.05) is 17.2 Å². The second-order valence-electron chi connectivity index (χ2n) is 5.78. The zero-order valence-corrected chi connectivity index (χ0v) is 16.1. The van der Waals surface area contributed by atoms with Crippen LogP contribution in [-0.4, -0.2) is 18.4 Å². The minimum absolute atomic E-state index is 0.283. The van der Waals surface area contributed by atoms with Gasteiger partial charge in [-0.3, -0.25) is 9.59 Å². The van der Waals surface area contributed by atoms with Gasteiger partial charge in [-0.25, -0.2) is 0 Å². The number of ether oxygens (including phenoxy) is 1. The van der Waals surface area contributed by atoms with Crippen molar-refractivity contribution in [1.29, 1.82) is 0 Å². The summed E-state index contributed by atoms with van der Waals surface area (Å²) in [6.45, 7) is -0.283. The van der Waals surface area contributed by atoms with Gasteiger partial charge in [0.2, 0.25) is 0 Å². The first kappa shape index (κ1) is 19.7. The monoisotopic (exact) mass is 414 g/mol. The third kappa shape index (κ3) is 5.25. The average Bonchev–Trinajstić information content (AvgIpc) is 2.69. The molecule has 0 saturated carbocycles. The molecule has 0 fully saturated rings. The van der Waals surface area contributed by atoms with Crippen LogP contribution < -0.4 is 15.4 Å². The Bertz CT molecular complexity index is 994. The Hall–Kier alpha value is -3.02. The molecule has 3 aromatic carbocycles. The molecule has 0 spiro atoms. The summed E-state index contributed by atoms with van der Waals surface area (Å²) in [7, 11) is 0. The smallest absolute Gasteiger partial charge is 0.262 e. The number of halogens is 2. The van der Waals surface area contributed by atoms with Gasteiger partial charge in [-0.2, -0.15) is 0 Å². The molecule has 2 N–H and O–H groups in total. The van der Waals surface area contributed by atoms with Gasteiger partial charge >= 0.3 is 0 Å². The number of rotatable bonds is 6. The molecule has 0 saturated heterocycles. The number of carbonyl (C=O) groups is 2. The highest BCUT2D eigenvalue weighted by molar-refractivity contribution is 6.36. The fourth-order valence-electron chi connectivity index (χ4n) is 2.42. The molecular formula is C21H16Cl2N2O3. The number of hydrogen-bond donors (Lipinski definition) is 2. The van der Waals surface area contributed by atoms with Crippen LogP contribution in [-0.2, 0) is 4.79 Å². The van der Waals surface area contributed by atoms with Crippen molar-refractivity contribution in [1.82, 2.24) is 0 Å². The maximum absolute atomic E-state index is 12.5. The van der Waals surface area contributed by atoms with Gasteiger partial charge in [-0.15, -0.1) is 0 Å². The maximum Gasteiger partial charge on any atom is 0.262 e. The number of hydrogen-bond acceptors (Lipinski definition) is 3. The van der Waals surface area contributed by atoms with Crippen LogP contribution >= 0.6 is 23.2 Å². The Balaban J connectivity index is 1.64. The van der Waals surface area contributed by atoms with Crippen molar-refractivity contribution < 1.29 is 14.3 Å². The Kier molecular flexibility index (Phi) is 6.53. The molecule has 0 unspecified atom stereocenters. The average molecular weight is 415 g/mol. The van der Waals surface area contributed by atoms with E-state index in [0.29, 0.717) is 32.7 Å². The largest absolute Gasteiger partial charge is 0.483 e. The number of amides is 2. The maximum atomic E-state index is 12.5. The van der Waals surface area contributed by atoms with Gasteiger partial charge in [0.25, 0.3) is 11.8 Å². The van der Waals surface area contributed by atoms with Gasteiger partial charge in [0.05, 0.1) is 16.3 Å². The molecule has 3 rings (SSSR count). The third-order valence-corrected chi connectivity index (χ3v) is 4.28. The van der Waals surface area contributed by atoms with Gasteiger partial charge in [0.15, 0.2) is 6.61 Å². The van der Waals surface area contributed by atoms with E-state index in [4.69, 9.17) is 27.9 Å². The first-order valence-corrected chi connectivity index (χ1v) is 9.11. The highest BCUT2D eigenvalue weighted by Gasteiger charge is 2.14. The van der Waals surface area contributed by atoms with Crippen molar-refractivity contribution in [2.24, 2.45) is 0 Å². The van der Waals surface area contributed by atoms with Gasteiger partial charge in [0.1, 0.15) is 5.75 Å². The molecule has 0 atom stereocenters. The number of carbonyl (C=O) groups excluding carboxylic acids is 2. The van der Waals surface area contributed by atoms with Gasteiger partial charge in [0, 0.05) is 10.7 Å². The lowest BCUT2D eigenvalue weighted by Gasteiger charge is -2.12. The van der Waals surface area contributed by atoms with E-state index in [9.17, 15) is 9.59 Å². The quantitative estimate of drug-likeness (QED) is 0.577. The summed E-state index contributed by atoms with van der Waals surface area (Å²) < 4.78 is 5.55. The Morgan fingerprint density at radius 3 is 2.32 bits per heavy atom. The molecule has 0 aromatic heterocycles. The number of para-hydroxylation sites is 2. The SMILES string of the molecule is O=C(COc1ccccc1C(=O)Nc1ccccc1)Nc1ccc(Cl)cc1Cl. The standard InChI is InChI=1S/C21H16Cl2N2O3/c22-14-10-11-18(17(23)12-14)25-20(26)13-28-19-9-5-4-8-16(19)21(27)24-15-6-2-1-3-7-15/h1-12H,13H2,(H,24,27)(H,25,26). The van der Waals surface area contributed by atoms with Crippen molar-refractivity contribution in [2.45, 2.75) is 0 Å². The van der Waals surface area contributed by atoms with Crippen molar-refractivity contribution in [3.8, 4) is 5.75 Å². The number of nitrogens with one attached hydrogen (secondary N) is 2. The zero-order chi connectivity index (χ0) is 19.9. The molecule has 0 heterocycles. The van der Waals surface area contributed by atoms with Crippen LogP contribution in [0, 0.1) is 0 Å². The van der Waals surface area contributed by atoms with Crippen molar-refractivity contribution in [3.63, 3.8) is 0 Å². The lowest BCUT2D eigenvalue weighted by Crippen LogP contribution is -2.21. The molecule has 28 heavy (non-hydrogen) atoms. The molecule has 0 radical (unpaired) electrons. The van der Waals surface area contributed by atoms with E-state index in [-0.39, 0.29) is 12.5 Å². The van der Waals surface area contributed by atoms with Gasteiger partial charge in [-0.1, -0.05) is 53.5 Å². The molecule has 3 aromatic rings. The molecule has 0 aliphatic carbocycles. The molecule has 5 nitrogen and oxygen atoms in total. The summed E-state index contributed by atoms with van der Waals surface area (Å²) >= 11 is 11.9. The summed E-state index contributed by atoms with van der Waals surface area (Å²) in [5, 5.41) is 6.22. The van der Waals surface area contributed by atoms with Crippen LogP contribution in [0.25, 0.3) is 0 Å². The minimum Gasteiger partial charge on any atom is -0.483 e. The van der Waals surface area contributed by atoms with Crippen LogP contribution in [0.4, 0.5) is 11.4 Å². The number of benzene rings is 3. The minimum atomic E-state index is -0.414. The van der Waals surface area contributed by atoms with E-state index >= 15 is 0 Å². The molecule has 7 heteroatoms. The van der Waals surface area contributed by atoms with E-state index in [1.54, 1.807) is 48.5 Å². The van der Waals surface area contributed by atoms with E-state index in [1.807, 2.05) is 18.2 Å². The first-order chi connectivity index (χ1) is 13.5. The predicted octanol–water partition coefficient (Wildman–Crippen LogP) is 5.26. The Labute approximate surface area is 172 Å². The predicted molar refractivity (Wildman–Crippen MR) is 111 cm³/mol. The van der Waals surface area contributed by atoms with Crippen LogP contribution in [0.1, 0.15) is 10.4 Å².